The highest BCUT2D eigenvalue weighted by Gasteiger charge is 2.34. The molecule has 1 heterocycles. The summed E-state index contributed by atoms with van der Waals surface area (Å²) in [5.41, 5.74) is -1.05. The van der Waals surface area contributed by atoms with Crippen LogP contribution in [0.15, 0.2) is 6.07 Å². The molecule has 118 valence electrons. The number of nitrogens with zero attached hydrogens (tertiary/aromatic N) is 3. The van der Waals surface area contributed by atoms with Crippen LogP contribution in [0, 0.1) is 0 Å². The third-order valence-corrected chi connectivity index (χ3v) is 2.64. The van der Waals surface area contributed by atoms with E-state index in [0.29, 0.717) is 13.1 Å². The van der Waals surface area contributed by atoms with Gasteiger partial charge in [-0.1, -0.05) is 0 Å². The highest BCUT2D eigenvalue weighted by molar-refractivity contribution is 5.81. The Morgan fingerprint density at radius 3 is 2.48 bits per heavy atom. The summed E-state index contributed by atoms with van der Waals surface area (Å²) < 4.78 is 38.5. The largest absolute Gasteiger partial charge is 0.433 e. The second kappa shape index (κ2) is 7.09. The molecule has 0 unspecified atom stereocenters. The molecule has 0 aromatic carbocycles. The highest BCUT2D eigenvalue weighted by atomic mass is 19.4. The van der Waals surface area contributed by atoms with Crippen LogP contribution >= 0.6 is 0 Å². The molecule has 0 saturated carbocycles. The minimum absolute atomic E-state index is 0.0513. The maximum absolute atomic E-state index is 12.8. The Kier molecular flexibility index (Phi) is 5.74. The lowest BCUT2D eigenvalue weighted by Crippen LogP contribution is -2.37. The first-order chi connectivity index (χ1) is 9.81. The van der Waals surface area contributed by atoms with E-state index in [1.54, 1.807) is 13.8 Å². The Bertz CT molecular complexity index is 492. The molecule has 1 amide bonds. The van der Waals surface area contributed by atoms with Gasteiger partial charge in [-0.3, -0.25) is 4.79 Å². The number of anilines is 2. The summed E-state index contributed by atoms with van der Waals surface area (Å²) in [6.45, 7) is 4.22. The molecule has 0 aliphatic rings. The van der Waals surface area contributed by atoms with Crippen LogP contribution in [-0.2, 0) is 11.0 Å². The zero-order valence-electron chi connectivity index (χ0n) is 12.1. The molecular weight excluding hydrogens is 287 g/mol. The van der Waals surface area contributed by atoms with Gasteiger partial charge in [0.2, 0.25) is 11.9 Å². The van der Waals surface area contributed by atoms with Crippen molar-refractivity contribution in [3.8, 4) is 0 Å². The van der Waals surface area contributed by atoms with Gasteiger partial charge in [-0.05, 0) is 13.8 Å². The van der Waals surface area contributed by atoms with Gasteiger partial charge in [-0.2, -0.15) is 18.2 Å². The van der Waals surface area contributed by atoms with E-state index in [0.717, 1.165) is 6.07 Å². The highest BCUT2D eigenvalue weighted by Crippen LogP contribution is 2.30. The molecule has 1 aromatic rings. The number of nitrogens with one attached hydrogen (secondary N) is 2. The summed E-state index contributed by atoms with van der Waals surface area (Å²) in [5, 5.41) is 5.08. The maximum Gasteiger partial charge on any atom is 0.433 e. The molecule has 9 heteroatoms. The number of halogens is 3. The SMILES string of the molecule is CCNC(=O)CN(CC)c1cc(C(F)(F)F)nc(NC)n1. The average molecular weight is 305 g/mol. The van der Waals surface area contributed by atoms with Crippen LogP contribution in [0.1, 0.15) is 19.5 Å². The van der Waals surface area contributed by atoms with Crippen molar-refractivity contribution in [1.29, 1.82) is 0 Å². The van der Waals surface area contributed by atoms with Gasteiger partial charge in [-0.25, -0.2) is 4.98 Å². The van der Waals surface area contributed by atoms with Gasteiger partial charge < -0.3 is 15.5 Å². The van der Waals surface area contributed by atoms with Crippen LogP contribution in [0.4, 0.5) is 24.9 Å². The first-order valence-corrected chi connectivity index (χ1v) is 6.47. The van der Waals surface area contributed by atoms with Gasteiger partial charge in [0.25, 0.3) is 0 Å². The predicted molar refractivity (Wildman–Crippen MR) is 73.2 cm³/mol. The molecular formula is C12H18F3N5O. The number of likely N-dealkylation sites (N-methyl/N-ethyl adjacent to an activating group) is 2. The summed E-state index contributed by atoms with van der Waals surface area (Å²) in [4.78, 5) is 20.4. The van der Waals surface area contributed by atoms with Crippen molar-refractivity contribution >= 4 is 17.7 Å². The molecule has 0 aliphatic carbocycles. The number of aromatic nitrogens is 2. The second-order valence-corrected chi connectivity index (χ2v) is 4.15. The van der Waals surface area contributed by atoms with E-state index in [4.69, 9.17) is 0 Å². The van der Waals surface area contributed by atoms with E-state index in [-0.39, 0.29) is 24.2 Å². The van der Waals surface area contributed by atoms with Crippen LogP contribution in [0.3, 0.4) is 0 Å². The monoisotopic (exact) mass is 305 g/mol. The molecule has 1 aromatic heterocycles. The van der Waals surface area contributed by atoms with Gasteiger partial charge in [0.1, 0.15) is 5.82 Å². The summed E-state index contributed by atoms with van der Waals surface area (Å²) in [5.74, 6) is -0.373. The van der Waals surface area contributed by atoms with Crippen LogP contribution < -0.4 is 15.5 Å². The zero-order valence-corrected chi connectivity index (χ0v) is 12.1. The Hall–Kier alpha value is -2.06. The van der Waals surface area contributed by atoms with E-state index in [2.05, 4.69) is 20.6 Å². The fraction of sp³-hybridized carbons (Fsp3) is 0.583. The fourth-order valence-electron chi connectivity index (χ4n) is 1.63. The van der Waals surface area contributed by atoms with Crippen molar-refractivity contribution in [2.75, 3.05) is 36.9 Å². The number of carbonyl (C=O) groups is 1. The molecule has 0 aliphatic heterocycles. The number of carbonyl (C=O) groups excluding carboxylic acids is 1. The van der Waals surface area contributed by atoms with Crippen molar-refractivity contribution in [3.63, 3.8) is 0 Å². The Balaban J connectivity index is 3.11. The van der Waals surface area contributed by atoms with Gasteiger partial charge >= 0.3 is 6.18 Å². The summed E-state index contributed by atoms with van der Waals surface area (Å²) in [7, 11) is 1.43. The number of hydrogen-bond acceptors (Lipinski definition) is 5. The topological polar surface area (TPSA) is 70.2 Å². The van der Waals surface area contributed by atoms with Crippen molar-refractivity contribution in [2.45, 2.75) is 20.0 Å². The summed E-state index contributed by atoms with van der Waals surface area (Å²) in [6, 6.07) is 0.837. The number of amides is 1. The van der Waals surface area contributed by atoms with Gasteiger partial charge in [0, 0.05) is 26.2 Å². The average Bonchev–Trinajstić information content (AvgIpc) is 2.43. The third-order valence-electron chi connectivity index (χ3n) is 2.64. The van der Waals surface area contributed by atoms with Crippen LogP contribution in [0.5, 0.6) is 0 Å². The number of rotatable bonds is 6. The minimum Gasteiger partial charge on any atom is -0.357 e. The Morgan fingerprint density at radius 2 is 2.00 bits per heavy atom. The molecule has 0 radical (unpaired) electrons. The maximum atomic E-state index is 12.8. The quantitative estimate of drug-likeness (QED) is 0.833. The van der Waals surface area contributed by atoms with Gasteiger partial charge in [0.05, 0.1) is 6.54 Å². The summed E-state index contributed by atoms with van der Waals surface area (Å²) in [6.07, 6.45) is -4.58. The predicted octanol–water partition coefficient (Wildman–Crippen LogP) is 1.50. The minimum atomic E-state index is -4.58. The smallest absolute Gasteiger partial charge is 0.357 e. The standard InChI is InChI=1S/C12H18F3N5O/c1-4-17-10(21)7-20(5-2)9-6-8(12(13,14)15)18-11(16-3)19-9/h6H,4-5,7H2,1-3H3,(H,17,21)(H,16,18,19). The summed E-state index contributed by atoms with van der Waals surface area (Å²) >= 11 is 0. The second-order valence-electron chi connectivity index (χ2n) is 4.15. The van der Waals surface area contributed by atoms with Crippen LogP contribution in [-0.4, -0.2) is 42.6 Å². The van der Waals surface area contributed by atoms with Crippen molar-refractivity contribution in [3.05, 3.63) is 11.8 Å². The normalized spacial score (nSPS) is 11.1. The lowest BCUT2D eigenvalue weighted by atomic mass is 10.3. The fourth-order valence-corrected chi connectivity index (χ4v) is 1.63. The number of hydrogen-bond donors (Lipinski definition) is 2. The van der Waals surface area contributed by atoms with E-state index in [9.17, 15) is 18.0 Å². The lowest BCUT2D eigenvalue weighted by molar-refractivity contribution is -0.141. The Morgan fingerprint density at radius 1 is 1.33 bits per heavy atom. The Labute approximate surface area is 120 Å². The molecule has 0 saturated heterocycles. The van der Waals surface area contributed by atoms with Crippen LogP contribution in [0.25, 0.3) is 0 Å². The third kappa shape index (κ3) is 4.76. The van der Waals surface area contributed by atoms with E-state index in [1.165, 1.54) is 11.9 Å². The van der Waals surface area contributed by atoms with Crippen molar-refractivity contribution in [2.24, 2.45) is 0 Å². The van der Waals surface area contributed by atoms with Crippen molar-refractivity contribution < 1.29 is 18.0 Å². The molecule has 0 atom stereocenters. The molecule has 0 fully saturated rings. The zero-order chi connectivity index (χ0) is 16.0. The van der Waals surface area contributed by atoms with Crippen molar-refractivity contribution in [1.82, 2.24) is 15.3 Å². The molecule has 21 heavy (non-hydrogen) atoms. The van der Waals surface area contributed by atoms with E-state index >= 15 is 0 Å². The van der Waals surface area contributed by atoms with E-state index in [1.807, 2.05) is 0 Å². The molecule has 0 bridgehead atoms. The lowest BCUT2D eigenvalue weighted by Gasteiger charge is -2.22. The first kappa shape index (κ1) is 17.0. The van der Waals surface area contributed by atoms with Gasteiger partial charge in [0.15, 0.2) is 5.69 Å². The molecule has 0 spiro atoms. The van der Waals surface area contributed by atoms with Gasteiger partial charge in [-0.15, -0.1) is 0 Å². The molecule has 2 N–H and O–H groups in total. The number of alkyl halides is 3. The molecule has 1 rings (SSSR count). The van der Waals surface area contributed by atoms with Crippen LogP contribution in [0.2, 0.25) is 0 Å². The first-order valence-electron chi connectivity index (χ1n) is 6.47. The molecule has 6 nitrogen and oxygen atoms in total. The van der Waals surface area contributed by atoms with E-state index < -0.39 is 11.9 Å².